The minimum Gasteiger partial charge on any atom is -0.447 e. The average molecular weight is 311 g/mol. The molecule has 0 radical (unpaired) electrons. The highest BCUT2D eigenvalue weighted by molar-refractivity contribution is 5.98. The number of anilines is 2. The van der Waals surface area contributed by atoms with E-state index in [1.165, 1.54) is 4.90 Å². The Labute approximate surface area is 133 Å². The van der Waals surface area contributed by atoms with Gasteiger partial charge in [-0.25, -0.2) is 4.79 Å². The number of fused-ring (bicyclic) bond motifs is 1. The fourth-order valence-corrected chi connectivity index (χ4v) is 2.33. The van der Waals surface area contributed by atoms with Crippen LogP contribution in [0.3, 0.4) is 0 Å². The van der Waals surface area contributed by atoms with Crippen molar-refractivity contribution in [1.29, 1.82) is 0 Å². The van der Waals surface area contributed by atoms with Crippen LogP contribution in [0.1, 0.15) is 0 Å². The highest BCUT2D eigenvalue weighted by Gasteiger charge is 2.27. The van der Waals surface area contributed by atoms with E-state index in [2.05, 4.69) is 33.4 Å². The lowest BCUT2D eigenvalue weighted by Gasteiger charge is -2.14. The fraction of sp³-hybridized carbons (Fsp3) is 0.188. The first-order valence-corrected chi connectivity index (χ1v) is 7.20. The number of allylic oxidation sites excluding steroid dienone is 2. The molecule has 0 saturated carbocycles. The van der Waals surface area contributed by atoms with Crippen LogP contribution in [0, 0.1) is 0 Å². The predicted molar refractivity (Wildman–Crippen MR) is 89.5 cm³/mol. The summed E-state index contributed by atoms with van der Waals surface area (Å²) in [6.07, 6.45) is 6.66. The van der Waals surface area contributed by atoms with Crippen molar-refractivity contribution in [3.63, 3.8) is 0 Å². The van der Waals surface area contributed by atoms with E-state index in [0.29, 0.717) is 37.1 Å². The number of rotatable bonds is 6. The zero-order valence-corrected chi connectivity index (χ0v) is 12.6. The van der Waals surface area contributed by atoms with Gasteiger partial charge in [0.1, 0.15) is 12.3 Å². The van der Waals surface area contributed by atoms with Crippen LogP contribution in [-0.2, 0) is 4.74 Å². The molecule has 0 atom stereocenters. The number of carbonyl (C=O) groups is 1. The van der Waals surface area contributed by atoms with Gasteiger partial charge in [0.15, 0.2) is 5.82 Å². The minimum absolute atomic E-state index is 0.361. The molecule has 1 amide bonds. The molecule has 1 aliphatic rings. The summed E-state index contributed by atoms with van der Waals surface area (Å²) in [4.78, 5) is 25.3. The molecule has 0 spiro atoms. The molecular formula is C16H17N5O2. The third kappa shape index (κ3) is 2.94. The molecule has 118 valence electrons. The number of ether oxygens (including phenoxy) is 1. The molecule has 7 nitrogen and oxygen atoms in total. The molecule has 7 heteroatoms. The third-order valence-electron chi connectivity index (χ3n) is 3.46. The molecule has 1 fully saturated rings. The van der Waals surface area contributed by atoms with Crippen LogP contribution in [0.2, 0.25) is 0 Å². The number of hydrogen-bond acceptors (Lipinski definition) is 5. The molecular weight excluding hydrogens is 294 g/mol. The Hall–Kier alpha value is -3.09. The van der Waals surface area contributed by atoms with Crippen molar-refractivity contribution in [1.82, 2.24) is 15.0 Å². The van der Waals surface area contributed by atoms with Crippen molar-refractivity contribution in [2.24, 2.45) is 0 Å². The number of hydrogen-bond donors (Lipinski definition) is 2. The van der Waals surface area contributed by atoms with Crippen molar-refractivity contribution in [3.05, 3.63) is 49.2 Å². The summed E-state index contributed by atoms with van der Waals surface area (Å²) in [5, 5.41) is 3.91. The highest BCUT2D eigenvalue weighted by atomic mass is 16.6. The van der Waals surface area contributed by atoms with E-state index in [-0.39, 0.29) is 0 Å². The zero-order valence-electron chi connectivity index (χ0n) is 12.6. The Balaban J connectivity index is 1.92. The smallest absolute Gasteiger partial charge is 0.415 e. The summed E-state index contributed by atoms with van der Waals surface area (Å²) in [7, 11) is 0. The summed E-state index contributed by atoms with van der Waals surface area (Å²) in [5.74, 6) is 0.959. The Morgan fingerprint density at radius 3 is 3.04 bits per heavy atom. The second-order valence-corrected chi connectivity index (χ2v) is 4.91. The number of nitrogens with zero attached hydrogens (tertiary/aromatic N) is 3. The molecule has 2 aromatic heterocycles. The molecule has 0 unspecified atom stereocenters. The lowest BCUT2D eigenvalue weighted by Crippen LogP contribution is -2.25. The number of aromatic amines is 1. The second-order valence-electron chi connectivity index (χ2n) is 4.91. The van der Waals surface area contributed by atoms with Gasteiger partial charge in [-0.05, 0) is 11.6 Å². The summed E-state index contributed by atoms with van der Waals surface area (Å²) < 4.78 is 5.00. The largest absolute Gasteiger partial charge is 0.447 e. The van der Waals surface area contributed by atoms with Gasteiger partial charge < -0.3 is 15.0 Å². The first-order chi connectivity index (χ1) is 11.2. The average Bonchev–Trinajstić information content (AvgIpc) is 3.19. The molecule has 2 N–H and O–H groups in total. The Morgan fingerprint density at radius 1 is 1.48 bits per heavy atom. The van der Waals surface area contributed by atoms with Gasteiger partial charge in [0.05, 0.1) is 11.9 Å². The van der Waals surface area contributed by atoms with E-state index < -0.39 is 6.09 Å². The van der Waals surface area contributed by atoms with Gasteiger partial charge in [-0.3, -0.25) is 4.90 Å². The van der Waals surface area contributed by atoms with Crippen LogP contribution in [0.25, 0.3) is 11.0 Å². The first kappa shape index (κ1) is 14.8. The molecule has 2 aromatic rings. The van der Waals surface area contributed by atoms with Gasteiger partial charge in [0.2, 0.25) is 5.95 Å². The van der Waals surface area contributed by atoms with Crippen molar-refractivity contribution < 1.29 is 9.53 Å². The van der Waals surface area contributed by atoms with E-state index in [1.54, 1.807) is 18.3 Å². The molecule has 23 heavy (non-hydrogen) atoms. The second kappa shape index (κ2) is 6.35. The topological polar surface area (TPSA) is 83.1 Å². The SMILES string of the molecule is C=C/C=C(\C=C)CNc1nc(N2CCOC2=O)c2cc[nH]c2n1. The maximum absolute atomic E-state index is 11.8. The Morgan fingerprint density at radius 2 is 2.35 bits per heavy atom. The maximum atomic E-state index is 11.8. The summed E-state index contributed by atoms with van der Waals surface area (Å²) in [5.41, 5.74) is 1.61. The van der Waals surface area contributed by atoms with Crippen molar-refractivity contribution in [2.75, 3.05) is 29.9 Å². The quantitative estimate of drug-likeness (QED) is 0.801. The minimum atomic E-state index is -0.393. The van der Waals surface area contributed by atoms with E-state index >= 15 is 0 Å². The molecule has 1 aliphatic heterocycles. The number of nitrogens with one attached hydrogen (secondary N) is 2. The van der Waals surface area contributed by atoms with Gasteiger partial charge in [-0.2, -0.15) is 9.97 Å². The monoisotopic (exact) mass is 311 g/mol. The lowest BCUT2D eigenvalue weighted by atomic mass is 10.2. The van der Waals surface area contributed by atoms with E-state index in [0.717, 1.165) is 11.0 Å². The van der Waals surface area contributed by atoms with Gasteiger partial charge in [0.25, 0.3) is 0 Å². The van der Waals surface area contributed by atoms with Gasteiger partial charge in [0, 0.05) is 12.7 Å². The summed E-state index contributed by atoms with van der Waals surface area (Å²) in [6, 6.07) is 1.84. The van der Waals surface area contributed by atoms with E-state index in [1.807, 2.05) is 12.1 Å². The number of aromatic nitrogens is 3. The molecule has 0 aromatic carbocycles. The third-order valence-corrected chi connectivity index (χ3v) is 3.46. The normalized spacial score (nSPS) is 14.9. The molecule has 0 aliphatic carbocycles. The summed E-state index contributed by atoms with van der Waals surface area (Å²) >= 11 is 0. The number of carbonyl (C=O) groups excluding carboxylic acids is 1. The lowest BCUT2D eigenvalue weighted by molar-refractivity contribution is 0.181. The fourth-order valence-electron chi connectivity index (χ4n) is 2.33. The number of H-pyrrole nitrogens is 1. The number of cyclic esters (lactones) is 1. The van der Waals surface area contributed by atoms with Gasteiger partial charge >= 0.3 is 6.09 Å². The van der Waals surface area contributed by atoms with Crippen LogP contribution < -0.4 is 10.2 Å². The number of amides is 1. The van der Waals surface area contributed by atoms with Crippen molar-refractivity contribution in [3.8, 4) is 0 Å². The van der Waals surface area contributed by atoms with Gasteiger partial charge in [-0.15, -0.1) is 0 Å². The molecule has 3 rings (SSSR count). The van der Waals surface area contributed by atoms with Crippen molar-refractivity contribution in [2.45, 2.75) is 0 Å². The predicted octanol–water partition coefficient (Wildman–Crippen LogP) is 2.62. The Bertz CT molecular complexity index is 793. The van der Waals surface area contributed by atoms with Crippen LogP contribution in [0.15, 0.2) is 49.2 Å². The standard InChI is InChI=1S/C16H17N5O2/c1-3-5-11(4-2)10-18-15-19-13-12(6-7-17-13)14(20-15)21-8-9-23-16(21)22/h3-7H,1-2,8-10H2,(H2,17,18,19,20)/b11-5+. The molecule has 0 bridgehead atoms. The van der Waals surface area contributed by atoms with Crippen LogP contribution >= 0.6 is 0 Å². The van der Waals surface area contributed by atoms with Crippen LogP contribution in [0.5, 0.6) is 0 Å². The Kier molecular flexibility index (Phi) is 4.09. The summed E-state index contributed by atoms with van der Waals surface area (Å²) in [6.45, 7) is 8.76. The van der Waals surface area contributed by atoms with Crippen LogP contribution in [0.4, 0.5) is 16.6 Å². The van der Waals surface area contributed by atoms with Crippen molar-refractivity contribution >= 4 is 28.9 Å². The highest BCUT2D eigenvalue weighted by Crippen LogP contribution is 2.26. The first-order valence-electron chi connectivity index (χ1n) is 7.20. The van der Waals surface area contributed by atoms with Crippen LogP contribution in [-0.4, -0.2) is 40.7 Å². The molecule has 3 heterocycles. The molecule has 1 saturated heterocycles. The van der Waals surface area contributed by atoms with E-state index in [4.69, 9.17) is 4.74 Å². The maximum Gasteiger partial charge on any atom is 0.415 e. The van der Waals surface area contributed by atoms with E-state index in [9.17, 15) is 4.79 Å². The zero-order chi connectivity index (χ0) is 16.2. The van der Waals surface area contributed by atoms with Gasteiger partial charge in [-0.1, -0.05) is 31.4 Å².